The fraction of sp³-hybridized carbons (Fsp3) is 0.538. The predicted octanol–water partition coefficient (Wildman–Crippen LogP) is 3.29. The highest BCUT2D eigenvalue weighted by Gasteiger charge is 2.10. The topological polar surface area (TPSA) is 35.2 Å². The Labute approximate surface area is 115 Å². The maximum absolute atomic E-state index is 5.85. The number of ether oxygens (including phenoxy) is 1. The number of rotatable bonds is 5. The van der Waals surface area contributed by atoms with E-state index in [1.807, 2.05) is 6.92 Å². The molecule has 2 N–H and O–H groups in total. The summed E-state index contributed by atoms with van der Waals surface area (Å²) in [7, 11) is 1.72. The molecule has 0 radical (unpaired) electrons. The summed E-state index contributed by atoms with van der Waals surface area (Å²) in [5.74, 6) is 0.965. The maximum Gasteiger partial charge on any atom is 0.122 e. The minimum Gasteiger partial charge on any atom is -0.496 e. The van der Waals surface area contributed by atoms with Crippen molar-refractivity contribution in [2.45, 2.75) is 37.6 Å². The number of methoxy groups -OCH3 is 1. The van der Waals surface area contributed by atoms with Gasteiger partial charge in [-0.25, -0.2) is 0 Å². The lowest BCUT2D eigenvalue weighted by Crippen LogP contribution is -2.18. The summed E-state index contributed by atoms with van der Waals surface area (Å²) in [4.78, 5) is 1.33. The van der Waals surface area contributed by atoms with Crippen molar-refractivity contribution in [3.8, 4) is 5.75 Å². The Morgan fingerprint density at radius 2 is 2.00 bits per heavy atom. The van der Waals surface area contributed by atoms with E-state index in [0.29, 0.717) is 0 Å². The molecule has 2 nitrogen and oxygen atoms in total. The van der Waals surface area contributed by atoms with Gasteiger partial charge in [0, 0.05) is 10.9 Å². The van der Waals surface area contributed by atoms with E-state index in [9.17, 15) is 0 Å². The fourth-order valence-electron chi connectivity index (χ4n) is 1.81. The number of nitrogens with two attached hydrogens (primary N) is 1. The van der Waals surface area contributed by atoms with Crippen LogP contribution < -0.4 is 10.5 Å². The average Bonchev–Trinajstić information content (AvgIpc) is 2.27. The molecule has 98 valence electrons. The van der Waals surface area contributed by atoms with Gasteiger partial charge >= 0.3 is 0 Å². The zero-order valence-corrected chi connectivity index (χ0v) is 12.6. The van der Waals surface area contributed by atoms with E-state index in [0.717, 1.165) is 18.6 Å². The number of hydrogen-bond acceptors (Lipinski definition) is 3. The summed E-state index contributed by atoms with van der Waals surface area (Å²) >= 11 is 1.78. The number of hydrogen-bond donors (Lipinski definition) is 1. The van der Waals surface area contributed by atoms with E-state index in [1.165, 1.54) is 16.0 Å². The Kier molecular flexibility index (Phi) is 7.68. The van der Waals surface area contributed by atoms with E-state index in [1.54, 1.807) is 18.9 Å². The van der Waals surface area contributed by atoms with Crippen molar-refractivity contribution in [2.24, 2.45) is 5.73 Å². The van der Waals surface area contributed by atoms with Crippen LogP contribution in [0.5, 0.6) is 5.75 Å². The lowest BCUT2D eigenvalue weighted by molar-refractivity contribution is 0.407. The van der Waals surface area contributed by atoms with Gasteiger partial charge in [-0.1, -0.05) is 6.92 Å². The second-order valence-electron chi connectivity index (χ2n) is 4.01. The Bertz CT molecular complexity index is 356. The summed E-state index contributed by atoms with van der Waals surface area (Å²) in [5, 5.41) is 0. The molecule has 1 aromatic carbocycles. The van der Waals surface area contributed by atoms with Gasteiger partial charge in [0.15, 0.2) is 0 Å². The van der Waals surface area contributed by atoms with E-state index in [4.69, 9.17) is 10.5 Å². The van der Waals surface area contributed by atoms with Gasteiger partial charge in [0.05, 0.1) is 7.11 Å². The van der Waals surface area contributed by atoms with Gasteiger partial charge in [0.1, 0.15) is 5.75 Å². The highest BCUT2D eigenvalue weighted by atomic mass is 35.5. The van der Waals surface area contributed by atoms with Gasteiger partial charge in [-0.3, -0.25) is 0 Å². The Morgan fingerprint density at radius 1 is 1.35 bits per heavy atom. The highest BCUT2D eigenvalue weighted by Crippen LogP contribution is 2.30. The minimum atomic E-state index is 0. The van der Waals surface area contributed by atoms with Crippen LogP contribution in [0.25, 0.3) is 0 Å². The molecule has 0 saturated heterocycles. The third-order valence-electron chi connectivity index (χ3n) is 2.61. The van der Waals surface area contributed by atoms with Gasteiger partial charge in [0.25, 0.3) is 0 Å². The van der Waals surface area contributed by atoms with Crippen LogP contribution >= 0.6 is 24.2 Å². The standard InChI is InChI=1S/C13H21NOS.ClH/c1-5-10-7-12(15-3)11(6-9(2)14)8-13(10)16-4;/h7-9H,5-6,14H2,1-4H3;1H. The largest absolute Gasteiger partial charge is 0.496 e. The molecule has 0 spiro atoms. The van der Waals surface area contributed by atoms with Crippen LogP contribution in [-0.2, 0) is 12.8 Å². The Balaban J connectivity index is 0.00000256. The third kappa shape index (κ3) is 4.41. The second kappa shape index (κ2) is 7.85. The van der Waals surface area contributed by atoms with E-state index in [2.05, 4.69) is 25.3 Å². The molecule has 0 aliphatic rings. The first-order valence-electron chi connectivity index (χ1n) is 5.61. The summed E-state index contributed by atoms with van der Waals surface area (Å²) in [5.41, 5.74) is 8.40. The summed E-state index contributed by atoms with van der Waals surface area (Å²) < 4.78 is 5.42. The average molecular weight is 276 g/mol. The van der Waals surface area contributed by atoms with Gasteiger partial charge in [0.2, 0.25) is 0 Å². The zero-order valence-electron chi connectivity index (χ0n) is 10.9. The van der Waals surface area contributed by atoms with Crippen LogP contribution in [0.1, 0.15) is 25.0 Å². The highest BCUT2D eigenvalue weighted by molar-refractivity contribution is 7.98. The molecule has 0 fully saturated rings. The molecule has 1 atom stereocenters. The molecule has 1 rings (SSSR count). The van der Waals surface area contributed by atoms with Crippen molar-refractivity contribution in [2.75, 3.05) is 13.4 Å². The monoisotopic (exact) mass is 275 g/mol. The Morgan fingerprint density at radius 3 is 2.41 bits per heavy atom. The molecule has 1 unspecified atom stereocenters. The first-order valence-corrected chi connectivity index (χ1v) is 6.84. The van der Waals surface area contributed by atoms with Crippen molar-refractivity contribution in [3.05, 3.63) is 23.3 Å². The van der Waals surface area contributed by atoms with Crippen LogP contribution in [0, 0.1) is 0 Å². The van der Waals surface area contributed by atoms with Gasteiger partial charge in [-0.05, 0) is 49.3 Å². The maximum atomic E-state index is 5.85. The number of thioether (sulfide) groups is 1. The molecule has 0 bridgehead atoms. The summed E-state index contributed by atoms with van der Waals surface area (Å²) in [6.45, 7) is 4.19. The first-order chi connectivity index (χ1) is 7.62. The molecule has 0 aromatic heterocycles. The predicted molar refractivity (Wildman–Crippen MR) is 78.8 cm³/mol. The molecule has 4 heteroatoms. The van der Waals surface area contributed by atoms with Crippen molar-refractivity contribution >= 4 is 24.2 Å². The molecule has 0 amide bonds. The van der Waals surface area contributed by atoms with E-state index < -0.39 is 0 Å². The van der Waals surface area contributed by atoms with Crippen LogP contribution in [0.4, 0.5) is 0 Å². The van der Waals surface area contributed by atoms with Crippen molar-refractivity contribution in [3.63, 3.8) is 0 Å². The smallest absolute Gasteiger partial charge is 0.122 e. The fourth-order valence-corrected chi connectivity index (χ4v) is 2.53. The van der Waals surface area contributed by atoms with Gasteiger partial charge in [-0.2, -0.15) is 0 Å². The van der Waals surface area contributed by atoms with Gasteiger partial charge < -0.3 is 10.5 Å². The summed E-state index contributed by atoms with van der Waals surface area (Å²) in [6.07, 6.45) is 4.00. The van der Waals surface area contributed by atoms with Crippen LogP contribution in [0.2, 0.25) is 0 Å². The summed E-state index contributed by atoms with van der Waals surface area (Å²) in [6, 6.07) is 4.52. The lowest BCUT2D eigenvalue weighted by atomic mass is 10.0. The quantitative estimate of drug-likeness (QED) is 0.838. The van der Waals surface area contributed by atoms with Crippen LogP contribution in [0.3, 0.4) is 0 Å². The molecule has 17 heavy (non-hydrogen) atoms. The van der Waals surface area contributed by atoms with Gasteiger partial charge in [-0.15, -0.1) is 24.2 Å². The minimum absolute atomic E-state index is 0. The molecule has 0 aliphatic carbocycles. The number of aryl methyl sites for hydroxylation is 1. The molecular weight excluding hydrogens is 254 g/mol. The number of benzene rings is 1. The van der Waals surface area contributed by atoms with Crippen LogP contribution in [-0.4, -0.2) is 19.4 Å². The van der Waals surface area contributed by atoms with Crippen LogP contribution in [0.15, 0.2) is 17.0 Å². The zero-order chi connectivity index (χ0) is 12.1. The molecule has 1 aromatic rings. The Hall–Kier alpha value is -0.380. The first kappa shape index (κ1) is 16.6. The molecule has 0 aliphatic heterocycles. The third-order valence-corrected chi connectivity index (χ3v) is 3.43. The van der Waals surface area contributed by atoms with Crippen molar-refractivity contribution in [1.29, 1.82) is 0 Å². The second-order valence-corrected chi connectivity index (χ2v) is 4.86. The number of halogens is 1. The SMILES string of the molecule is CCc1cc(OC)c(CC(C)N)cc1SC.Cl. The van der Waals surface area contributed by atoms with E-state index >= 15 is 0 Å². The normalized spacial score (nSPS) is 11.8. The molecule has 0 saturated carbocycles. The lowest BCUT2D eigenvalue weighted by Gasteiger charge is -2.15. The van der Waals surface area contributed by atoms with Crippen molar-refractivity contribution in [1.82, 2.24) is 0 Å². The van der Waals surface area contributed by atoms with E-state index in [-0.39, 0.29) is 18.4 Å². The van der Waals surface area contributed by atoms with Crippen molar-refractivity contribution < 1.29 is 4.74 Å². The molecular formula is C13H22ClNOS. The molecule has 0 heterocycles.